The van der Waals surface area contributed by atoms with Gasteiger partial charge in [0.05, 0.1) is 12.6 Å². The second-order valence-electron chi connectivity index (χ2n) is 8.36. The van der Waals surface area contributed by atoms with Gasteiger partial charge in [-0.25, -0.2) is 9.59 Å². The van der Waals surface area contributed by atoms with Crippen LogP contribution in [0.2, 0.25) is 0 Å². The fraction of sp³-hybridized carbons (Fsp3) is 0.346. The zero-order valence-electron chi connectivity index (χ0n) is 19.7. The average Bonchev–Trinajstić information content (AvgIpc) is 2.73. The van der Waals surface area contributed by atoms with Crippen molar-refractivity contribution in [1.82, 2.24) is 5.32 Å². The van der Waals surface area contributed by atoms with Crippen LogP contribution in [0.15, 0.2) is 66.4 Å². The highest BCUT2D eigenvalue weighted by molar-refractivity contribution is 5.89. The van der Waals surface area contributed by atoms with E-state index in [9.17, 15) is 14.4 Å². The standard InChI is InChI=1S/C26H31NO6/c1-6-31-24(29)23(32-18(2)28)17-22(27-25(30)33-26(3,4)5)16-19-12-14-21(15-13-19)20-10-8-7-9-11-20/h7-15,17,22H,6,16H2,1-5H3,(H,27,30)/b23-17-. The molecule has 176 valence electrons. The Bertz CT molecular complexity index is 974. The van der Waals surface area contributed by atoms with Gasteiger partial charge in [-0.1, -0.05) is 54.6 Å². The van der Waals surface area contributed by atoms with Crippen LogP contribution in [0.25, 0.3) is 11.1 Å². The normalized spacial score (nSPS) is 12.5. The van der Waals surface area contributed by atoms with Crippen molar-refractivity contribution in [3.8, 4) is 11.1 Å². The van der Waals surface area contributed by atoms with Crippen LogP contribution in [0.1, 0.15) is 40.2 Å². The van der Waals surface area contributed by atoms with E-state index >= 15 is 0 Å². The van der Waals surface area contributed by atoms with E-state index in [4.69, 9.17) is 14.2 Å². The monoisotopic (exact) mass is 453 g/mol. The number of carbonyl (C=O) groups is 3. The summed E-state index contributed by atoms with van der Waals surface area (Å²) in [6, 6.07) is 17.1. The molecule has 1 unspecified atom stereocenters. The molecule has 7 nitrogen and oxygen atoms in total. The lowest BCUT2D eigenvalue weighted by molar-refractivity contribution is -0.150. The maximum absolute atomic E-state index is 12.4. The summed E-state index contributed by atoms with van der Waals surface area (Å²) >= 11 is 0. The van der Waals surface area contributed by atoms with Gasteiger partial charge in [-0.3, -0.25) is 4.79 Å². The first-order valence-electron chi connectivity index (χ1n) is 10.8. The van der Waals surface area contributed by atoms with Gasteiger partial charge in [-0.05, 0) is 56.9 Å². The number of esters is 2. The van der Waals surface area contributed by atoms with Crippen molar-refractivity contribution in [2.75, 3.05) is 6.61 Å². The third-order valence-corrected chi connectivity index (χ3v) is 4.30. The van der Waals surface area contributed by atoms with E-state index in [1.54, 1.807) is 27.7 Å². The van der Waals surface area contributed by atoms with E-state index in [1.807, 2.05) is 54.6 Å². The highest BCUT2D eigenvalue weighted by Gasteiger charge is 2.22. The first kappa shape index (κ1) is 25.6. The Morgan fingerprint density at radius 1 is 0.970 bits per heavy atom. The lowest BCUT2D eigenvalue weighted by atomic mass is 10.0. The molecule has 7 heteroatoms. The summed E-state index contributed by atoms with van der Waals surface area (Å²) in [5.74, 6) is -1.74. The van der Waals surface area contributed by atoms with Gasteiger partial charge < -0.3 is 19.5 Å². The molecule has 1 N–H and O–H groups in total. The third kappa shape index (κ3) is 9.19. The molecule has 0 radical (unpaired) electrons. The van der Waals surface area contributed by atoms with Gasteiger partial charge in [-0.15, -0.1) is 0 Å². The second kappa shape index (κ2) is 11.9. The van der Waals surface area contributed by atoms with E-state index < -0.39 is 29.7 Å². The van der Waals surface area contributed by atoms with Crippen LogP contribution in [0.3, 0.4) is 0 Å². The summed E-state index contributed by atoms with van der Waals surface area (Å²) in [7, 11) is 0. The maximum atomic E-state index is 12.4. The van der Waals surface area contributed by atoms with Gasteiger partial charge in [0.25, 0.3) is 0 Å². The molecule has 0 aliphatic heterocycles. The Morgan fingerprint density at radius 2 is 1.58 bits per heavy atom. The number of alkyl carbamates (subject to hydrolysis) is 1. The third-order valence-electron chi connectivity index (χ3n) is 4.30. The van der Waals surface area contributed by atoms with Crippen molar-refractivity contribution in [3.05, 3.63) is 72.0 Å². The van der Waals surface area contributed by atoms with Crippen molar-refractivity contribution < 1.29 is 28.6 Å². The fourth-order valence-corrected chi connectivity index (χ4v) is 3.01. The van der Waals surface area contributed by atoms with Gasteiger partial charge in [-0.2, -0.15) is 0 Å². The number of rotatable bonds is 8. The number of ether oxygens (including phenoxy) is 3. The average molecular weight is 454 g/mol. The predicted octanol–water partition coefficient (Wildman–Crippen LogP) is 4.80. The van der Waals surface area contributed by atoms with Crippen LogP contribution in [-0.2, 0) is 30.2 Å². The number of carbonyl (C=O) groups excluding carboxylic acids is 3. The van der Waals surface area contributed by atoms with Gasteiger partial charge in [0.2, 0.25) is 5.76 Å². The van der Waals surface area contributed by atoms with Crippen LogP contribution in [-0.4, -0.2) is 36.3 Å². The van der Waals surface area contributed by atoms with Crippen LogP contribution in [0.5, 0.6) is 0 Å². The van der Waals surface area contributed by atoms with Gasteiger partial charge in [0.1, 0.15) is 5.60 Å². The zero-order chi connectivity index (χ0) is 24.4. The van der Waals surface area contributed by atoms with E-state index in [0.717, 1.165) is 16.7 Å². The fourth-order valence-electron chi connectivity index (χ4n) is 3.01. The first-order valence-corrected chi connectivity index (χ1v) is 10.8. The molecule has 0 aliphatic rings. The molecule has 0 aliphatic carbocycles. The Balaban J connectivity index is 2.30. The Hall–Kier alpha value is -3.61. The summed E-state index contributed by atoms with van der Waals surface area (Å²) in [5, 5.41) is 2.73. The molecule has 2 rings (SSSR count). The molecule has 0 heterocycles. The molecule has 33 heavy (non-hydrogen) atoms. The first-order chi connectivity index (χ1) is 15.6. The van der Waals surface area contributed by atoms with Crippen LogP contribution in [0.4, 0.5) is 4.79 Å². The minimum absolute atomic E-state index is 0.114. The van der Waals surface area contributed by atoms with Gasteiger partial charge >= 0.3 is 18.0 Å². The summed E-state index contributed by atoms with van der Waals surface area (Å²) < 4.78 is 15.4. The Labute approximate surface area is 194 Å². The number of hydrogen-bond acceptors (Lipinski definition) is 6. The summed E-state index contributed by atoms with van der Waals surface area (Å²) in [4.78, 5) is 36.2. The largest absolute Gasteiger partial charge is 0.460 e. The molecule has 0 saturated heterocycles. The molecular formula is C26H31NO6. The lowest BCUT2D eigenvalue weighted by Crippen LogP contribution is -2.39. The molecular weight excluding hydrogens is 422 g/mol. The molecule has 2 aromatic rings. The second-order valence-corrected chi connectivity index (χ2v) is 8.36. The van der Waals surface area contributed by atoms with Crippen molar-refractivity contribution in [2.24, 2.45) is 0 Å². The number of benzene rings is 2. The number of nitrogens with one attached hydrogen (secondary N) is 1. The highest BCUT2D eigenvalue weighted by Crippen LogP contribution is 2.20. The quantitative estimate of drug-likeness (QED) is 0.267. The van der Waals surface area contributed by atoms with Crippen molar-refractivity contribution in [2.45, 2.75) is 52.7 Å². The van der Waals surface area contributed by atoms with Gasteiger partial charge in [0, 0.05) is 6.92 Å². The molecule has 1 atom stereocenters. The van der Waals surface area contributed by atoms with Crippen LogP contribution < -0.4 is 5.32 Å². The highest BCUT2D eigenvalue weighted by atomic mass is 16.6. The van der Waals surface area contributed by atoms with Crippen LogP contribution in [0, 0.1) is 0 Å². The molecule has 2 aromatic carbocycles. The Kier molecular flexibility index (Phi) is 9.21. The molecule has 0 fully saturated rings. The van der Waals surface area contributed by atoms with E-state index in [-0.39, 0.29) is 12.4 Å². The number of hydrogen-bond donors (Lipinski definition) is 1. The predicted molar refractivity (Wildman–Crippen MR) is 125 cm³/mol. The zero-order valence-corrected chi connectivity index (χ0v) is 19.7. The van der Waals surface area contributed by atoms with Crippen molar-refractivity contribution in [1.29, 1.82) is 0 Å². The van der Waals surface area contributed by atoms with E-state index in [0.29, 0.717) is 6.42 Å². The molecule has 0 aromatic heterocycles. The van der Waals surface area contributed by atoms with Crippen molar-refractivity contribution in [3.63, 3.8) is 0 Å². The molecule has 0 spiro atoms. The Morgan fingerprint density at radius 3 is 2.12 bits per heavy atom. The number of amides is 1. The SMILES string of the molecule is CCOC(=O)/C(=C/C(Cc1ccc(-c2ccccc2)cc1)NC(=O)OC(C)(C)C)OC(C)=O. The molecule has 1 amide bonds. The smallest absolute Gasteiger partial charge is 0.408 e. The molecule has 0 saturated carbocycles. The summed E-state index contributed by atoms with van der Waals surface area (Å²) in [5.41, 5.74) is 2.35. The maximum Gasteiger partial charge on any atom is 0.408 e. The summed E-state index contributed by atoms with van der Waals surface area (Å²) in [6.07, 6.45) is 1.04. The van der Waals surface area contributed by atoms with E-state index in [2.05, 4.69) is 5.32 Å². The molecule has 0 bridgehead atoms. The van der Waals surface area contributed by atoms with Gasteiger partial charge in [0.15, 0.2) is 0 Å². The minimum Gasteiger partial charge on any atom is -0.460 e. The topological polar surface area (TPSA) is 90.9 Å². The van der Waals surface area contributed by atoms with Crippen molar-refractivity contribution >= 4 is 18.0 Å². The lowest BCUT2D eigenvalue weighted by Gasteiger charge is -2.23. The van der Waals surface area contributed by atoms with E-state index in [1.165, 1.54) is 13.0 Å². The minimum atomic E-state index is -0.789. The summed E-state index contributed by atoms with van der Waals surface area (Å²) in [6.45, 7) is 8.20. The van der Waals surface area contributed by atoms with Crippen LogP contribution >= 0.6 is 0 Å².